The number of rotatable bonds is 4. The Labute approximate surface area is 204 Å². The minimum atomic E-state index is 0.246. The molecular weight excluding hydrogens is 426 g/mol. The zero-order valence-corrected chi connectivity index (χ0v) is 19.3. The van der Waals surface area contributed by atoms with E-state index in [1.165, 1.54) is 21.9 Å². The third-order valence-electron chi connectivity index (χ3n) is 6.69. The molecule has 0 amide bonds. The molecule has 3 heteroatoms. The molecule has 35 heavy (non-hydrogen) atoms. The van der Waals surface area contributed by atoms with Crippen molar-refractivity contribution in [2.45, 2.75) is 12.3 Å². The van der Waals surface area contributed by atoms with Crippen molar-refractivity contribution in [3.05, 3.63) is 132 Å². The van der Waals surface area contributed by atoms with Crippen LogP contribution in [-0.2, 0) is 0 Å². The van der Waals surface area contributed by atoms with Crippen molar-refractivity contribution in [1.82, 2.24) is 4.57 Å². The smallest absolute Gasteiger partial charge is 0.153 e. The largest absolute Gasteiger partial charge is 0.300 e. The second kappa shape index (κ2) is 9.03. The summed E-state index contributed by atoms with van der Waals surface area (Å²) >= 11 is 0. The molecule has 1 atom stereocenters. The Morgan fingerprint density at radius 2 is 1.57 bits per heavy atom. The third-order valence-corrected chi connectivity index (χ3v) is 6.69. The van der Waals surface area contributed by atoms with Crippen LogP contribution in [0, 0.1) is 5.41 Å². The maximum atomic E-state index is 8.47. The van der Waals surface area contributed by atoms with E-state index in [9.17, 15) is 0 Å². The van der Waals surface area contributed by atoms with E-state index < -0.39 is 0 Å². The quantitative estimate of drug-likeness (QED) is 0.213. The van der Waals surface area contributed by atoms with Gasteiger partial charge in [-0.05, 0) is 41.3 Å². The van der Waals surface area contributed by atoms with E-state index in [2.05, 4.69) is 94.5 Å². The van der Waals surface area contributed by atoms with Gasteiger partial charge in [0.05, 0.1) is 11.0 Å². The number of benzene rings is 4. The molecule has 6 rings (SSSR count). The fraction of sp³-hybridized carbons (Fsp3) is 0.0625. The lowest BCUT2D eigenvalue weighted by molar-refractivity contribution is 0.855. The Hall–Kier alpha value is -4.50. The molecule has 1 aliphatic rings. The highest BCUT2D eigenvalue weighted by atomic mass is 15.0. The van der Waals surface area contributed by atoms with Crippen LogP contribution in [0.3, 0.4) is 0 Å². The number of allylic oxidation sites excluding steroid dienone is 4. The summed E-state index contributed by atoms with van der Waals surface area (Å²) in [5, 5.41) is 10.9. The SMILES string of the molecule is N=C(N=Cn1c2ccc(C3C=CC=CC3)cc2c2ccc(-c3ccccc3)cc21)c1ccccc1. The molecule has 3 nitrogen and oxygen atoms in total. The monoisotopic (exact) mass is 451 g/mol. The number of fused-ring (bicyclic) bond motifs is 3. The van der Waals surface area contributed by atoms with Crippen LogP contribution in [0.4, 0.5) is 0 Å². The van der Waals surface area contributed by atoms with Crippen molar-refractivity contribution in [3.63, 3.8) is 0 Å². The molecule has 0 fully saturated rings. The standard InChI is InChI=1S/C32H25N3/c33-32(25-14-8-3-9-15-25)34-22-35-30-19-17-26(23-10-4-1-5-11-23)20-29(30)28-18-16-27(21-31(28)35)24-12-6-2-7-13-24/h1-10,12-23,33H,11H2. The van der Waals surface area contributed by atoms with Gasteiger partial charge in [0, 0.05) is 22.3 Å². The summed E-state index contributed by atoms with van der Waals surface area (Å²) in [4.78, 5) is 4.55. The van der Waals surface area contributed by atoms with Crippen LogP contribution in [0.15, 0.2) is 126 Å². The zero-order chi connectivity index (χ0) is 23.6. The van der Waals surface area contributed by atoms with Crippen molar-refractivity contribution in [1.29, 1.82) is 5.41 Å². The Balaban J connectivity index is 1.52. The van der Waals surface area contributed by atoms with Crippen molar-refractivity contribution in [2.24, 2.45) is 4.99 Å². The van der Waals surface area contributed by atoms with Gasteiger partial charge in [0.25, 0.3) is 0 Å². The number of amidine groups is 1. The summed E-state index contributed by atoms with van der Waals surface area (Å²) < 4.78 is 2.12. The lowest BCUT2D eigenvalue weighted by Gasteiger charge is -2.13. The fourth-order valence-corrected chi connectivity index (χ4v) is 4.85. The van der Waals surface area contributed by atoms with Crippen molar-refractivity contribution in [2.75, 3.05) is 0 Å². The summed E-state index contributed by atoms with van der Waals surface area (Å²) in [5.41, 5.74) is 6.64. The Kier molecular flexibility index (Phi) is 5.44. The van der Waals surface area contributed by atoms with Gasteiger partial charge in [0.15, 0.2) is 5.84 Å². The second-order valence-electron chi connectivity index (χ2n) is 8.86. The van der Waals surface area contributed by atoms with Gasteiger partial charge in [0.1, 0.15) is 6.34 Å². The summed E-state index contributed by atoms with van der Waals surface area (Å²) in [7, 11) is 0. The Morgan fingerprint density at radius 3 is 2.34 bits per heavy atom. The van der Waals surface area contributed by atoms with E-state index in [1.807, 2.05) is 36.4 Å². The van der Waals surface area contributed by atoms with Crippen molar-refractivity contribution >= 4 is 34.0 Å². The molecule has 0 bridgehead atoms. The van der Waals surface area contributed by atoms with Gasteiger partial charge >= 0.3 is 0 Å². The second-order valence-corrected chi connectivity index (χ2v) is 8.86. The first-order chi connectivity index (χ1) is 17.3. The van der Waals surface area contributed by atoms with Gasteiger partial charge in [0.2, 0.25) is 0 Å². The number of hydrogen-bond acceptors (Lipinski definition) is 1. The summed E-state index contributed by atoms with van der Waals surface area (Å²) in [6.07, 6.45) is 11.6. The average molecular weight is 452 g/mol. The molecule has 1 N–H and O–H groups in total. The molecule has 4 aromatic carbocycles. The van der Waals surface area contributed by atoms with Crippen molar-refractivity contribution < 1.29 is 0 Å². The van der Waals surface area contributed by atoms with E-state index in [4.69, 9.17) is 5.41 Å². The number of aromatic nitrogens is 1. The lowest BCUT2D eigenvalue weighted by Crippen LogP contribution is -2.01. The van der Waals surface area contributed by atoms with E-state index in [0.29, 0.717) is 5.92 Å². The van der Waals surface area contributed by atoms with E-state index in [1.54, 1.807) is 6.34 Å². The summed E-state index contributed by atoms with van der Waals surface area (Å²) in [5.74, 6) is 0.641. The first-order valence-electron chi connectivity index (χ1n) is 11.9. The molecule has 1 aromatic heterocycles. The normalized spacial score (nSPS) is 15.4. The molecule has 0 aliphatic heterocycles. The molecule has 1 heterocycles. The highest BCUT2D eigenvalue weighted by Crippen LogP contribution is 2.35. The van der Waals surface area contributed by atoms with Crippen molar-refractivity contribution in [3.8, 4) is 11.1 Å². The molecule has 0 saturated heterocycles. The van der Waals surface area contributed by atoms with Crippen LogP contribution >= 0.6 is 0 Å². The molecule has 0 radical (unpaired) electrons. The van der Waals surface area contributed by atoms with E-state index >= 15 is 0 Å². The maximum absolute atomic E-state index is 8.47. The van der Waals surface area contributed by atoms with Crippen LogP contribution in [0.5, 0.6) is 0 Å². The van der Waals surface area contributed by atoms with Crippen LogP contribution in [0.25, 0.3) is 32.9 Å². The topological polar surface area (TPSA) is 41.1 Å². The molecule has 0 saturated carbocycles. The lowest BCUT2D eigenvalue weighted by atomic mass is 9.91. The molecule has 1 aliphatic carbocycles. The predicted octanol–water partition coefficient (Wildman–Crippen LogP) is 7.96. The third kappa shape index (κ3) is 4.02. The van der Waals surface area contributed by atoms with E-state index in [0.717, 1.165) is 28.6 Å². The fourth-order valence-electron chi connectivity index (χ4n) is 4.85. The van der Waals surface area contributed by atoms with E-state index in [-0.39, 0.29) is 5.84 Å². The summed E-state index contributed by atoms with van der Waals surface area (Å²) in [6.45, 7) is 0. The molecule has 5 aromatic rings. The number of aliphatic imine (C=N–C) groups is 1. The van der Waals surface area contributed by atoms with Crippen LogP contribution in [-0.4, -0.2) is 16.7 Å². The van der Waals surface area contributed by atoms with Gasteiger partial charge in [-0.25, -0.2) is 4.99 Å². The van der Waals surface area contributed by atoms with Gasteiger partial charge in [-0.15, -0.1) is 0 Å². The van der Waals surface area contributed by atoms with Crippen LogP contribution in [0.1, 0.15) is 23.5 Å². The van der Waals surface area contributed by atoms with Crippen LogP contribution < -0.4 is 0 Å². The summed E-state index contributed by atoms with van der Waals surface area (Å²) in [6, 6.07) is 33.5. The number of nitrogens with one attached hydrogen (secondary N) is 1. The first-order valence-corrected chi connectivity index (χ1v) is 11.9. The Bertz CT molecular complexity index is 1620. The first kappa shape index (κ1) is 21.1. The van der Waals surface area contributed by atoms with Gasteiger partial charge in [-0.3, -0.25) is 9.98 Å². The zero-order valence-electron chi connectivity index (χ0n) is 19.3. The molecule has 0 spiro atoms. The average Bonchev–Trinajstić information content (AvgIpc) is 3.25. The Morgan fingerprint density at radius 1 is 0.771 bits per heavy atom. The molecule has 1 unspecified atom stereocenters. The van der Waals surface area contributed by atoms with Crippen LogP contribution in [0.2, 0.25) is 0 Å². The minimum absolute atomic E-state index is 0.246. The maximum Gasteiger partial charge on any atom is 0.153 e. The highest BCUT2D eigenvalue weighted by Gasteiger charge is 2.15. The molecular formula is C32H25N3. The minimum Gasteiger partial charge on any atom is -0.300 e. The predicted molar refractivity (Wildman–Crippen MR) is 148 cm³/mol. The van der Waals surface area contributed by atoms with Gasteiger partial charge in [-0.1, -0.05) is 103 Å². The van der Waals surface area contributed by atoms with Gasteiger partial charge < -0.3 is 0 Å². The van der Waals surface area contributed by atoms with Gasteiger partial charge in [-0.2, -0.15) is 0 Å². The molecule has 168 valence electrons. The number of hydrogen-bond donors (Lipinski definition) is 1. The number of nitrogens with zero attached hydrogens (tertiary/aromatic N) is 2. The highest BCUT2D eigenvalue weighted by molar-refractivity contribution is 6.13.